The normalized spacial score (nSPS) is 12.7. The predicted octanol–water partition coefficient (Wildman–Crippen LogP) is 4.39. The van der Waals surface area contributed by atoms with Crippen molar-refractivity contribution in [3.63, 3.8) is 0 Å². The lowest BCUT2D eigenvalue weighted by Crippen LogP contribution is -2.05. The van der Waals surface area contributed by atoms with Crippen LogP contribution in [-0.4, -0.2) is 34.9 Å². The summed E-state index contributed by atoms with van der Waals surface area (Å²) in [7, 11) is 1.93. The Bertz CT molecular complexity index is 1640. The molecule has 0 saturated heterocycles. The van der Waals surface area contributed by atoms with Crippen LogP contribution in [0.5, 0.6) is 0 Å². The van der Waals surface area contributed by atoms with Gasteiger partial charge in [0.25, 0.3) is 0 Å². The molecule has 8 heteroatoms. The number of allylic oxidation sites excluding steroid dienone is 2. The number of fused-ring (bicyclic) bond motifs is 2. The van der Waals surface area contributed by atoms with Crippen LogP contribution in [0.2, 0.25) is 0 Å². The summed E-state index contributed by atoms with van der Waals surface area (Å²) >= 11 is 0. The summed E-state index contributed by atoms with van der Waals surface area (Å²) in [6.07, 6.45) is 8.18. The van der Waals surface area contributed by atoms with Gasteiger partial charge in [-0.2, -0.15) is 5.10 Å². The van der Waals surface area contributed by atoms with Crippen molar-refractivity contribution >= 4 is 17.0 Å². The quantitative estimate of drug-likeness (QED) is 0.386. The molecule has 0 amide bonds. The summed E-state index contributed by atoms with van der Waals surface area (Å²) < 4.78 is 17.1. The number of hydrogen-bond acceptors (Lipinski definition) is 5. The third-order valence-electron chi connectivity index (χ3n) is 6.42. The molecule has 1 aliphatic rings. The minimum Gasteiger partial charge on any atom is -0.330 e. The van der Waals surface area contributed by atoms with Gasteiger partial charge in [0.05, 0.1) is 29.7 Å². The van der Waals surface area contributed by atoms with E-state index in [0.717, 1.165) is 40.3 Å². The van der Waals surface area contributed by atoms with E-state index in [0.29, 0.717) is 22.6 Å². The second-order valence-electron chi connectivity index (χ2n) is 8.63. The maximum atomic E-state index is 13.5. The summed E-state index contributed by atoms with van der Waals surface area (Å²) in [6, 6.07) is 12.0. The molecule has 0 bridgehead atoms. The molecule has 5 aromatic rings. The number of carbonyl (C=O) groups excluding carboxylic acids is 1. The zero-order valence-electron chi connectivity index (χ0n) is 19.2. The van der Waals surface area contributed by atoms with Crippen LogP contribution in [-0.2, 0) is 24.7 Å². The zero-order chi connectivity index (χ0) is 24.1. The molecule has 172 valence electrons. The van der Waals surface area contributed by atoms with Gasteiger partial charge in [0, 0.05) is 36.1 Å². The Labute approximate surface area is 200 Å². The van der Waals surface area contributed by atoms with E-state index < -0.39 is 0 Å². The molecule has 4 aromatic heterocycles. The monoisotopic (exact) mass is 464 g/mol. The molecule has 0 fully saturated rings. The van der Waals surface area contributed by atoms with Crippen LogP contribution in [0.15, 0.2) is 67.1 Å². The topological polar surface area (TPSA) is 78.0 Å². The largest absolute Gasteiger partial charge is 0.330 e. The minimum absolute atomic E-state index is 0.0150. The number of imidazole rings is 2. The maximum absolute atomic E-state index is 13.5. The van der Waals surface area contributed by atoms with Crippen molar-refractivity contribution in [2.24, 2.45) is 7.05 Å². The van der Waals surface area contributed by atoms with Gasteiger partial charge in [-0.15, -0.1) is 0 Å². The highest BCUT2D eigenvalue weighted by Gasteiger charge is 2.22. The number of nitrogens with zero attached hydrogens (tertiary/aromatic N) is 6. The van der Waals surface area contributed by atoms with Crippen molar-refractivity contribution < 1.29 is 9.18 Å². The SMILES string of the molecule is Cc1nc(-c2ccc(F)cc2)c(-c2ccc3nc(CC(=O)C4=CCc5ccncc54)cn3n2)n1C. The van der Waals surface area contributed by atoms with Crippen LogP contribution in [0.1, 0.15) is 22.6 Å². The van der Waals surface area contributed by atoms with Gasteiger partial charge in [-0.25, -0.2) is 18.9 Å². The fraction of sp³-hybridized carbons (Fsp3) is 0.148. The third kappa shape index (κ3) is 3.63. The van der Waals surface area contributed by atoms with E-state index in [1.165, 1.54) is 12.1 Å². The average molecular weight is 465 g/mol. The fourth-order valence-corrected chi connectivity index (χ4v) is 4.54. The van der Waals surface area contributed by atoms with Crippen molar-refractivity contribution in [2.45, 2.75) is 19.8 Å². The number of hydrogen-bond donors (Lipinski definition) is 0. The first kappa shape index (κ1) is 21.1. The Morgan fingerprint density at radius 2 is 1.91 bits per heavy atom. The van der Waals surface area contributed by atoms with Crippen LogP contribution in [0.3, 0.4) is 0 Å². The smallest absolute Gasteiger partial charge is 0.169 e. The Kier molecular flexibility index (Phi) is 4.88. The van der Waals surface area contributed by atoms with Crippen LogP contribution in [0.25, 0.3) is 33.9 Å². The van der Waals surface area contributed by atoms with E-state index in [4.69, 9.17) is 10.1 Å². The molecule has 0 N–H and O–H groups in total. The van der Waals surface area contributed by atoms with Crippen molar-refractivity contribution in [2.75, 3.05) is 0 Å². The Hall–Kier alpha value is -4.46. The van der Waals surface area contributed by atoms with Gasteiger partial charge < -0.3 is 4.57 Å². The van der Waals surface area contributed by atoms with Gasteiger partial charge in [-0.05, 0) is 61.4 Å². The number of rotatable bonds is 5. The Balaban J connectivity index is 1.33. The summed E-state index contributed by atoms with van der Waals surface area (Å²) in [4.78, 5) is 26.5. The van der Waals surface area contributed by atoms with Gasteiger partial charge in [0.15, 0.2) is 11.4 Å². The second kappa shape index (κ2) is 8.09. The third-order valence-corrected chi connectivity index (χ3v) is 6.42. The lowest BCUT2D eigenvalue weighted by molar-refractivity contribution is -0.113. The Morgan fingerprint density at radius 3 is 2.74 bits per heavy atom. The summed E-state index contributed by atoms with van der Waals surface area (Å²) in [5, 5.41) is 4.77. The van der Waals surface area contributed by atoms with Gasteiger partial charge in [0.2, 0.25) is 0 Å². The van der Waals surface area contributed by atoms with E-state index in [9.17, 15) is 9.18 Å². The van der Waals surface area contributed by atoms with Crippen LogP contribution in [0.4, 0.5) is 4.39 Å². The molecule has 0 saturated carbocycles. The molecule has 7 nitrogen and oxygen atoms in total. The standard InChI is InChI=1S/C27H21FN6O/c1-16-30-26(18-3-6-19(28)7-4-18)27(33(16)2)23-9-10-25-31-20(15-34(25)32-23)13-24(35)21-8-5-17-11-12-29-14-22(17)21/h3-4,6-12,14-15H,5,13H2,1-2H3. The van der Waals surface area contributed by atoms with Crippen LogP contribution < -0.4 is 0 Å². The number of aryl methyl sites for hydroxylation is 1. The maximum Gasteiger partial charge on any atom is 0.169 e. The molecule has 4 heterocycles. The van der Waals surface area contributed by atoms with Crippen LogP contribution in [0, 0.1) is 12.7 Å². The highest BCUT2D eigenvalue weighted by molar-refractivity contribution is 6.22. The number of carbonyl (C=O) groups is 1. The molecule has 6 rings (SSSR count). The van der Waals surface area contributed by atoms with Gasteiger partial charge >= 0.3 is 0 Å². The number of Topliss-reactive ketones (excluding diaryl/α,β-unsaturated/α-hetero) is 1. The summed E-state index contributed by atoms with van der Waals surface area (Å²) in [5.74, 6) is 0.537. The molecular formula is C27H21FN6O. The first-order valence-electron chi connectivity index (χ1n) is 11.3. The number of ketones is 1. The van der Waals surface area contributed by atoms with Gasteiger partial charge in [-0.3, -0.25) is 9.78 Å². The van der Waals surface area contributed by atoms with Crippen molar-refractivity contribution in [3.05, 3.63) is 95.6 Å². The van der Waals surface area contributed by atoms with Gasteiger partial charge in [-0.1, -0.05) is 6.08 Å². The van der Waals surface area contributed by atoms with Crippen molar-refractivity contribution in [1.29, 1.82) is 0 Å². The van der Waals surface area contributed by atoms with E-state index in [1.807, 2.05) is 42.8 Å². The highest BCUT2D eigenvalue weighted by atomic mass is 19.1. The zero-order valence-corrected chi connectivity index (χ0v) is 19.2. The molecule has 0 radical (unpaired) electrons. The summed E-state index contributed by atoms with van der Waals surface area (Å²) in [5.41, 5.74) is 7.09. The lowest BCUT2D eigenvalue weighted by atomic mass is 10.0. The van der Waals surface area contributed by atoms with E-state index in [2.05, 4.69) is 9.97 Å². The first-order valence-corrected chi connectivity index (χ1v) is 11.3. The van der Waals surface area contributed by atoms with Crippen LogP contribution >= 0.6 is 0 Å². The molecule has 0 aliphatic heterocycles. The lowest BCUT2D eigenvalue weighted by Gasteiger charge is -2.07. The summed E-state index contributed by atoms with van der Waals surface area (Å²) in [6.45, 7) is 1.92. The predicted molar refractivity (Wildman–Crippen MR) is 130 cm³/mol. The molecule has 35 heavy (non-hydrogen) atoms. The van der Waals surface area contributed by atoms with E-state index in [-0.39, 0.29) is 18.0 Å². The second-order valence-corrected chi connectivity index (χ2v) is 8.63. The van der Waals surface area contributed by atoms with E-state index in [1.54, 1.807) is 35.2 Å². The number of aromatic nitrogens is 6. The number of benzene rings is 1. The van der Waals surface area contributed by atoms with Crippen molar-refractivity contribution in [3.8, 4) is 22.6 Å². The molecule has 1 aliphatic carbocycles. The minimum atomic E-state index is -0.295. The fourth-order valence-electron chi connectivity index (χ4n) is 4.54. The average Bonchev–Trinajstić information content (AvgIpc) is 3.54. The molecule has 1 aromatic carbocycles. The molecular weight excluding hydrogens is 443 g/mol. The van der Waals surface area contributed by atoms with E-state index >= 15 is 0 Å². The molecule has 0 unspecified atom stereocenters. The molecule has 0 spiro atoms. The first-order chi connectivity index (χ1) is 17.0. The highest BCUT2D eigenvalue weighted by Crippen LogP contribution is 2.32. The van der Waals surface area contributed by atoms with Gasteiger partial charge in [0.1, 0.15) is 17.3 Å². The number of pyridine rings is 1. The molecule has 0 atom stereocenters. The van der Waals surface area contributed by atoms with Crippen molar-refractivity contribution in [1.82, 2.24) is 29.1 Å². The number of halogens is 1. The Morgan fingerprint density at radius 1 is 1.09 bits per heavy atom.